The van der Waals surface area contributed by atoms with Crippen LogP contribution in [0.4, 0.5) is 8.78 Å². The summed E-state index contributed by atoms with van der Waals surface area (Å²) in [5.74, 6) is -1.70. The number of aromatic nitrogens is 2. The number of rotatable bonds is 3. The Kier molecular flexibility index (Phi) is 3.58. The molecule has 3 rings (SSSR count). The van der Waals surface area contributed by atoms with Gasteiger partial charge in [-0.05, 0) is 18.2 Å². The third kappa shape index (κ3) is 2.55. The number of carbonyl (C=O) groups is 1. The maximum absolute atomic E-state index is 13.8. The van der Waals surface area contributed by atoms with Crippen molar-refractivity contribution < 1.29 is 18.3 Å². The molecular formula is C16H12F2N2O2. The van der Waals surface area contributed by atoms with Crippen LogP contribution in [0.25, 0.3) is 22.4 Å². The lowest BCUT2D eigenvalue weighted by Gasteiger charge is -2.02. The monoisotopic (exact) mass is 302 g/mol. The summed E-state index contributed by atoms with van der Waals surface area (Å²) < 4.78 is 32.7. The molecule has 112 valence electrons. The van der Waals surface area contributed by atoms with Crippen molar-refractivity contribution in [3.05, 3.63) is 53.6 Å². The van der Waals surface area contributed by atoms with Gasteiger partial charge in [-0.3, -0.25) is 4.79 Å². The molecule has 0 aliphatic carbocycles. The van der Waals surface area contributed by atoms with E-state index in [0.717, 1.165) is 0 Å². The van der Waals surface area contributed by atoms with E-state index >= 15 is 0 Å². The fraction of sp³-hybridized carbons (Fsp3) is 0.125. The van der Waals surface area contributed by atoms with Crippen LogP contribution in [0.15, 0.2) is 36.4 Å². The van der Waals surface area contributed by atoms with Crippen LogP contribution >= 0.6 is 0 Å². The lowest BCUT2D eigenvalue weighted by atomic mass is 10.2. The van der Waals surface area contributed by atoms with E-state index in [1.54, 1.807) is 18.2 Å². The first kappa shape index (κ1) is 14.2. The number of hydrogen-bond donors (Lipinski definition) is 1. The highest BCUT2D eigenvalue weighted by Crippen LogP contribution is 2.27. The average Bonchev–Trinajstić information content (AvgIpc) is 2.88. The van der Waals surface area contributed by atoms with Crippen LogP contribution in [0.2, 0.25) is 0 Å². The number of esters is 1. The Balaban J connectivity index is 2.10. The molecule has 0 radical (unpaired) electrons. The van der Waals surface area contributed by atoms with E-state index in [0.29, 0.717) is 16.6 Å². The molecule has 0 amide bonds. The Morgan fingerprint density at radius 1 is 1.18 bits per heavy atom. The van der Waals surface area contributed by atoms with Crippen molar-refractivity contribution >= 4 is 17.0 Å². The second kappa shape index (κ2) is 5.55. The number of carbonyl (C=O) groups excluding carboxylic acids is 1. The molecule has 0 bridgehead atoms. The average molecular weight is 302 g/mol. The summed E-state index contributed by atoms with van der Waals surface area (Å²) >= 11 is 0. The standard InChI is InChI=1S/C16H12F2N2O2/c1-9(21)22-8-10-4-2-7-13-15(10)20-16(19-13)14-11(17)5-3-6-12(14)18/h2-7H,8H2,1H3,(H,19,20). The molecule has 0 aliphatic rings. The van der Waals surface area contributed by atoms with Crippen molar-refractivity contribution in [2.24, 2.45) is 0 Å². The largest absolute Gasteiger partial charge is 0.461 e. The first-order chi connectivity index (χ1) is 10.6. The number of halogens is 2. The number of para-hydroxylation sites is 1. The summed E-state index contributed by atoms with van der Waals surface area (Å²) in [7, 11) is 0. The molecular weight excluding hydrogens is 290 g/mol. The number of nitrogens with one attached hydrogen (secondary N) is 1. The van der Waals surface area contributed by atoms with Crippen LogP contribution in [0.5, 0.6) is 0 Å². The second-order valence-corrected chi connectivity index (χ2v) is 4.78. The van der Waals surface area contributed by atoms with Crippen LogP contribution in [0, 0.1) is 11.6 Å². The fourth-order valence-electron chi connectivity index (χ4n) is 2.23. The highest BCUT2D eigenvalue weighted by Gasteiger charge is 2.16. The van der Waals surface area contributed by atoms with Crippen LogP contribution in [0.3, 0.4) is 0 Å². The third-order valence-corrected chi connectivity index (χ3v) is 3.23. The number of nitrogens with zero attached hydrogens (tertiary/aromatic N) is 1. The minimum Gasteiger partial charge on any atom is -0.461 e. The molecule has 2 aromatic carbocycles. The van der Waals surface area contributed by atoms with Gasteiger partial charge in [0.05, 0.1) is 16.6 Å². The Morgan fingerprint density at radius 2 is 1.86 bits per heavy atom. The SMILES string of the molecule is CC(=O)OCc1cccc2[nH]c(-c3c(F)cccc3F)nc12. The van der Waals surface area contributed by atoms with Gasteiger partial charge in [0, 0.05) is 12.5 Å². The molecule has 0 spiro atoms. The molecule has 6 heteroatoms. The van der Waals surface area contributed by atoms with Gasteiger partial charge in [0.25, 0.3) is 0 Å². The molecule has 0 saturated carbocycles. The molecule has 0 unspecified atom stereocenters. The predicted octanol–water partition coefficient (Wildman–Crippen LogP) is 3.57. The van der Waals surface area contributed by atoms with E-state index < -0.39 is 17.6 Å². The van der Waals surface area contributed by atoms with Crippen molar-refractivity contribution in [3.63, 3.8) is 0 Å². The van der Waals surface area contributed by atoms with E-state index in [-0.39, 0.29) is 18.0 Å². The number of aromatic amines is 1. The Hall–Kier alpha value is -2.76. The van der Waals surface area contributed by atoms with Crippen molar-refractivity contribution in [2.75, 3.05) is 0 Å². The van der Waals surface area contributed by atoms with Gasteiger partial charge in [-0.25, -0.2) is 13.8 Å². The Morgan fingerprint density at radius 3 is 2.55 bits per heavy atom. The van der Waals surface area contributed by atoms with E-state index in [9.17, 15) is 13.6 Å². The second-order valence-electron chi connectivity index (χ2n) is 4.78. The molecule has 1 aromatic heterocycles. The molecule has 0 fully saturated rings. The zero-order valence-corrected chi connectivity index (χ0v) is 11.7. The van der Waals surface area contributed by atoms with E-state index in [1.807, 2.05) is 0 Å². The predicted molar refractivity (Wildman–Crippen MR) is 76.9 cm³/mol. The Labute approximate surface area is 124 Å². The Bertz CT molecular complexity index is 838. The normalized spacial score (nSPS) is 10.9. The number of hydrogen-bond acceptors (Lipinski definition) is 3. The van der Waals surface area contributed by atoms with E-state index in [4.69, 9.17) is 4.74 Å². The van der Waals surface area contributed by atoms with E-state index in [2.05, 4.69) is 9.97 Å². The molecule has 0 saturated heterocycles. The molecule has 0 atom stereocenters. The molecule has 1 N–H and O–H groups in total. The highest BCUT2D eigenvalue weighted by atomic mass is 19.1. The molecule has 0 aliphatic heterocycles. The summed E-state index contributed by atoms with van der Waals surface area (Å²) in [6.07, 6.45) is 0. The summed E-state index contributed by atoms with van der Waals surface area (Å²) in [6, 6.07) is 8.87. The lowest BCUT2D eigenvalue weighted by Crippen LogP contribution is -1.99. The van der Waals surface area contributed by atoms with Crippen LogP contribution < -0.4 is 0 Å². The van der Waals surface area contributed by atoms with Crippen LogP contribution in [-0.4, -0.2) is 15.9 Å². The number of fused-ring (bicyclic) bond motifs is 1. The maximum Gasteiger partial charge on any atom is 0.302 e. The van der Waals surface area contributed by atoms with Gasteiger partial charge >= 0.3 is 5.97 Å². The summed E-state index contributed by atoms with van der Waals surface area (Å²) in [4.78, 5) is 18.1. The van der Waals surface area contributed by atoms with Gasteiger partial charge < -0.3 is 9.72 Å². The summed E-state index contributed by atoms with van der Waals surface area (Å²) in [5, 5.41) is 0. The molecule has 3 aromatic rings. The molecule has 22 heavy (non-hydrogen) atoms. The number of H-pyrrole nitrogens is 1. The van der Waals surface area contributed by atoms with Crippen molar-refractivity contribution in [1.29, 1.82) is 0 Å². The van der Waals surface area contributed by atoms with Crippen LogP contribution in [0.1, 0.15) is 12.5 Å². The first-order valence-corrected chi connectivity index (χ1v) is 6.61. The minimum atomic E-state index is -0.694. The smallest absolute Gasteiger partial charge is 0.302 e. The van der Waals surface area contributed by atoms with Crippen molar-refractivity contribution in [1.82, 2.24) is 9.97 Å². The zero-order valence-electron chi connectivity index (χ0n) is 11.7. The fourth-order valence-corrected chi connectivity index (χ4v) is 2.23. The van der Waals surface area contributed by atoms with Crippen molar-refractivity contribution in [2.45, 2.75) is 13.5 Å². The van der Waals surface area contributed by atoms with Gasteiger partial charge in [-0.15, -0.1) is 0 Å². The maximum atomic E-state index is 13.8. The quantitative estimate of drug-likeness (QED) is 0.752. The topological polar surface area (TPSA) is 55.0 Å². The first-order valence-electron chi connectivity index (χ1n) is 6.61. The van der Waals surface area contributed by atoms with Gasteiger partial charge in [0.15, 0.2) is 0 Å². The molecule has 4 nitrogen and oxygen atoms in total. The zero-order chi connectivity index (χ0) is 15.7. The van der Waals surface area contributed by atoms with Crippen molar-refractivity contribution in [3.8, 4) is 11.4 Å². The molecule has 1 heterocycles. The highest BCUT2D eigenvalue weighted by molar-refractivity contribution is 5.82. The van der Waals surface area contributed by atoms with Gasteiger partial charge in [0.2, 0.25) is 0 Å². The number of benzene rings is 2. The third-order valence-electron chi connectivity index (χ3n) is 3.23. The summed E-state index contributed by atoms with van der Waals surface area (Å²) in [5.41, 5.74) is 1.58. The minimum absolute atomic E-state index is 0.0523. The van der Waals surface area contributed by atoms with Gasteiger partial charge in [0.1, 0.15) is 24.1 Å². The van der Waals surface area contributed by atoms with Gasteiger partial charge in [-0.2, -0.15) is 0 Å². The van der Waals surface area contributed by atoms with Crippen LogP contribution in [-0.2, 0) is 16.1 Å². The number of ether oxygens (including phenoxy) is 1. The lowest BCUT2D eigenvalue weighted by molar-refractivity contribution is -0.142. The van der Waals surface area contributed by atoms with Gasteiger partial charge in [-0.1, -0.05) is 18.2 Å². The summed E-state index contributed by atoms with van der Waals surface area (Å²) in [6.45, 7) is 1.36. The number of imidazole rings is 1. The van der Waals surface area contributed by atoms with E-state index in [1.165, 1.54) is 25.1 Å².